The third-order valence-corrected chi connectivity index (χ3v) is 4.45. The molecule has 0 radical (unpaired) electrons. The number of nitrogens with one attached hydrogen (secondary N) is 1. The third-order valence-electron chi connectivity index (χ3n) is 4.45. The van der Waals surface area contributed by atoms with Crippen molar-refractivity contribution in [1.29, 1.82) is 0 Å². The Bertz CT molecular complexity index is 816. The van der Waals surface area contributed by atoms with Crippen molar-refractivity contribution in [3.05, 3.63) is 59.2 Å². The van der Waals surface area contributed by atoms with Crippen LogP contribution in [-0.2, 0) is 22.3 Å². The van der Waals surface area contributed by atoms with Gasteiger partial charge in [-0.15, -0.1) is 0 Å². The fourth-order valence-corrected chi connectivity index (χ4v) is 3.01. The van der Waals surface area contributed by atoms with E-state index in [9.17, 15) is 18.0 Å². The summed E-state index contributed by atoms with van der Waals surface area (Å²) in [6.45, 7) is 2.46. The van der Waals surface area contributed by atoms with E-state index in [0.29, 0.717) is 44.2 Å². The molecule has 3 rings (SSSR count). The lowest BCUT2D eigenvalue weighted by Crippen LogP contribution is -2.36. The molecular formula is C20H21F3N2O3. The van der Waals surface area contributed by atoms with Gasteiger partial charge in [0.05, 0.1) is 36.8 Å². The minimum atomic E-state index is -4.50. The van der Waals surface area contributed by atoms with Crippen molar-refractivity contribution in [1.82, 2.24) is 0 Å². The highest BCUT2D eigenvalue weighted by Gasteiger charge is 2.32. The Hall–Kier alpha value is -2.58. The molecule has 0 spiro atoms. The molecule has 0 aliphatic carbocycles. The lowest BCUT2D eigenvalue weighted by Gasteiger charge is -2.31. The van der Waals surface area contributed by atoms with Crippen molar-refractivity contribution in [3.8, 4) is 0 Å². The molecule has 8 heteroatoms. The molecule has 150 valence electrons. The highest BCUT2D eigenvalue weighted by atomic mass is 19.4. The van der Waals surface area contributed by atoms with Crippen LogP contribution >= 0.6 is 0 Å². The molecule has 5 nitrogen and oxygen atoms in total. The van der Waals surface area contributed by atoms with E-state index in [1.807, 2.05) is 4.90 Å². The lowest BCUT2D eigenvalue weighted by molar-refractivity contribution is -0.137. The van der Waals surface area contributed by atoms with Crippen molar-refractivity contribution in [2.75, 3.05) is 43.6 Å². The smallest absolute Gasteiger partial charge is 0.380 e. The Kier molecular flexibility index (Phi) is 6.21. The van der Waals surface area contributed by atoms with Crippen LogP contribution in [0.5, 0.6) is 0 Å². The number of halogens is 3. The Morgan fingerprint density at radius 1 is 1.14 bits per heavy atom. The van der Waals surface area contributed by atoms with Crippen molar-refractivity contribution < 1.29 is 27.4 Å². The van der Waals surface area contributed by atoms with Gasteiger partial charge in [-0.25, -0.2) is 0 Å². The first-order valence-electron chi connectivity index (χ1n) is 8.81. The summed E-state index contributed by atoms with van der Waals surface area (Å²) in [5.74, 6) is -0.474. The summed E-state index contributed by atoms with van der Waals surface area (Å²) in [6.07, 6.45) is -4.50. The molecular weight excluding hydrogens is 373 g/mol. The number of hydrogen-bond donors (Lipinski definition) is 1. The number of ether oxygens (including phenoxy) is 2. The topological polar surface area (TPSA) is 50.8 Å². The monoisotopic (exact) mass is 394 g/mol. The Balaban J connectivity index is 1.87. The summed E-state index contributed by atoms with van der Waals surface area (Å²) in [5.41, 5.74) is 1.11. The van der Waals surface area contributed by atoms with Crippen LogP contribution in [0.4, 0.5) is 24.5 Å². The van der Waals surface area contributed by atoms with Crippen LogP contribution in [0.25, 0.3) is 0 Å². The molecule has 0 saturated carbocycles. The van der Waals surface area contributed by atoms with Crippen molar-refractivity contribution in [2.24, 2.45) is 0 Å². The van der Waals surface area contributed by atoms with Gasteiger partial charge in [-0.1, -0.05) is 12.1 Å². The fraction of sp³-hybridized carbons (Fsp3) is 0.350. The SMILES string of the molecule is COCc1ccc(C(=O)Nc2cc(C(F)(F)F)ccc2N2CCOCC2)cc1. The van der Waals surface area contributed by atoms with Crippen LogP contribution in [0, 0.1) is 0 Å². The number of alkyl halides is 3. The van der Waals surface area contributed by atoms with E-state index in [2.05, 4.69) is 5.32 Å². The number of rotatable bonds is 5. The summed E-state index contributed by atoms with van der Waals surface area (Å²) in [6, 6.07) is 10.1. The number of hydrogen-bond acceptors (Lipinski definition) is 4. The van der Waals surface area contributed by atoms with Crippen LogP contribution in [0.3, 0.4) is 0 Å². The fourth-order valence-electron chi connectivity index (χ4n) is 3.01. The third kappa shape index (κ3) is 4.82. The molecule has 1 saturated heterocycles. The van der Waals surface area contributed by atoms with Crippen LogP contribution < -0.4 is 10.2 Å². The maximum absolute atomic E-state index is 13.2. The van der Waals surface area contributed by atoms with Crippen LogP contribution in [0.15, 0.2) is 42.5 Å². The first kappa shape index (κ1) is 20.2. The average molecular weight is 394 g/mol. The molecule has 0 bridgehead atoms. The van der Waals surface area contributed by atoms with E-state index < -0.39 is 17.6 Å². The van der Waals surface area contributed by atoms with Gasteiger partial charge in [0, 0.05) is 25.8 Å². The first-order valence-corrected chi connectivity index (χ1v) is 8.81. The summed E-state index contributed by atoms with van der Waals surface area (Å²) in [7, 11) is 1.57. The van der Waals surface area contributed by atoms with E-state index >= 15 is 0 Å². The number of nitrogens with zero attached hydrogens (tertiary/aromatic N) is 1. The second-order valence-corrected chi connectivity index (χ2v) is 6.41. The molecule has 1 N–H and O–H groups in total. The number of methoxy groups -OCH3 is 1. The van der Waals surface area contributed by atoms with Gasteiger partial charge in [0.15, 0.2) is 0 Å². The van der Waals surface area contributed by atoms with Gasteiger partial charge in [-0.3, -0.25) is 4.79 Å². The molecule has 1 aliphatic heterocycles. The van der Waals surface area contributed by atoms with Gasteiger partial charge < -0.3 is 19.7 Å². The maximum Gasteiger partial charge on any atom is 0.416 e. The van der Waals surface area contributed by atoms with Gasteiger partial charge in [0.2, 0.25) is 0 Å². The minimum absolute atomic E-state index is 0.127. The number of carbonyl (C=O) groups is 1. The molecule has 1 heterocycles. The van der Waals surface area contributed by atoms with E-state index in [1.165, 1.54) is 6.07 Å². The zero-order valence-corrected chi connectivity index (χ0v) is 15.4. The number of benzene rings is 2. The molecule has 0 atom stereocenters. The van der Waals surface area contributed by atoms with Gasteiger partial charge >= 0.3 is 6.18 Å². The van der Waals surface area contributed by atoms with Crippen molar-refractivity contribution in [3.63, 3.8) is 0 Å². The average Bonchev–Trinajstić information content (AvgIpc) is 2.69. The van der Waals surface area contributed by atoms with Crippen LogP contribution in [0.2, 0.25) is 0 Å². The quantitative estimate of drug-likeness (QED) is 0.835. The van der Waals surface area contributed by atoms with E-state index in [0.717, 1.165) is 17.7 Å². The van der Waals surface area contributed by atoms with Crippen LogP contribution in [-0.4, -0.2) is 39.3 Å². The molecule has 0 unspecified atom stereocenters. The molecule has 2 aromatic rings. The Morgan fingerprint density at radius 3 is 2.43 bits per heavy atom. The predicted molar refractivity (Wildman–Crippen MR) is 99.6 cm³/mol. The lowest BCUT2D eigenvalue weighted by atomic mass is 10.1. The second-order valence-electron chi connectivity index (χ2n) is 6.41. The standard InChI is InChI=1S/C20H21F3N2O3/c1-27-13-14-2-4-15(5-3-14)19(26)24-17-12-16(20(21,22)23)6-7-18(17)25-8-10-28-11-9-25/h2-7,12H,8-11,13H2,1H3,(H,24,26). The molecule has 1 fully saturated rings. The highest BCUT2D eigenvalue weighted by Crippen LogP contribution is 2.36. The van der Waals surface area contributed by atoms with Crippen molar-refractivity contribution in [2.45, 2.75) is 12.8 Å². The van der Waals surface area contributed by atoms with Gasteiger partial charge in [0.1, 0.15) is 0 Å². The van der Waals surface area contributed by atoms with Gasteiger partial charge in [-0.05, 0) is 35.9 Å². The summed E-state index contributed by atoms with van der Waals surface area (Å²) >= 11 is 0. The Morgan fingerprint density at radius 2 is 1.82 bits per heavy atom. The number of carbonyl (C=O) groups excluding carboxylic acids is 1. The maximum atomic E-state index is 13.2. The van der Waals surface area contributed by atoms with E-state index in [-0.39, 0.29) is 5.69 Å². The van der Waals surface area contributed by atoms with Crippen LogP contribution in [0.1, 0.15) is 21.5 Å². The predicted octanol–water partition coefficient (Wildman–Crippen LogP) is 3.94. The zero-order valence-electron chi connectivity index (χ0n) is 15.4. The normalized spacial score (nSPS) is 14.8. The van der Waals surface area contributed by atoms with Crippen molar-refractivity contribution >= 4 is 17.3 Å². The van der Waals surface area contributed by atoms with Gasteiger partial charge in [0.25, 0.3) is 5.91 Å². The van der Waals surface area contributed by atoms with Gasteiger partial charge in [-0.2, -0.15) is 13.2 Å². The summed E-state index contributed by atoms with van der Waals surface area (Å²) in [5, 5.41) is 2.64. The zero-order chi connectivity index (χ0) is 20.1. The molecule has 2 aromatic carbocycles. The largest absolute Gasteiger partial charge is 0.416 e. The minimum Gasteiger partial charge on any atom is -0.380 e. The first-order chi connectivity index (χ1) is 13.4. The molecule has 28 heavy (non-hydrogen) atoms. The summed E-state index contributed by atoms with van der Waals surface area (Å²) in [4.78, 5) is 14.5. The van der Waals surface area contributed by atoms with E-state index in [4.69, 9.17) is 9.47 Å². The van der Waals surface area contributed by atoms with E-state index in [1.54, 1.807) is 31.4 Å². The molecule has 1 aliphatic rings. The molecule has 0 aromatic heterocycles. The Labute approximate surface area is 161 Å². The highest BCUT2D eigenvalue weighted by molar-refractivity contribution is 6.06. The second kappa shape index (κ2) is 8.62. The number of anilines is 2. The number of morpholine rings is 1. The molecule has 1 amide bonds. The summed E-state index contributed by atoms with van der Waals surface area (Å²) < 4.78 is 49.8. The number of amides is 1.